The second-order valence-electron chi connectivity index (χ2n) is 3.72. The molecule has 0 bridgehead atoms. The molecule has 0 aliphatic heterocycles. The molecule has 0 aliphatic rings. The molecule has 5 heteroatoms. The van der Waals surface area contributed by atoms with Gasteiger partial charge in [0.25, 0.3) is 0 Å². The van der Waals surface area contributed by atoms with Crippen molar-refractivity contribution >= 4 is 56.6 Å². The van der Waals surface area contributed by atoms with E-state index < -0.39 is 0 Å². The number of hydrogen-bond donors (Lipinski definition) is 1. The lowest BCUT2D eigenvalue weighted by Gasteiger charge is -2.06. The minimum absolute atomic E-state index is 0.578. The van der Waals surface area contributed by atoms with Crippen LogP contribution in [0.4, 0.5) is 5.69 Å². The van der Waals surface area contributed by atoms with Crippen LogP contribution in [0.2, 0.25) is 10.0 Å². The molecule has 0 unspecified atom stereocenters. The summed E-state index contributed by atoms with van der Waals surface area (Å²) in [5.74, 6) is 0.846. The van der Waals surface area contributed by atoms with Crippen LogP contribution in [0, 0.1) is 0 Å². The van der Waals surface area contributed by atoms with Gasteiger partial charge in [-0.2, -0.15) is 0 Å². The molecule has 0 radical (unpaired) electrons. The van der Waals surface area contributed by atoms with Crippen LogP contribution in [-0.4, -0.2) is 0 Å². The monoisotopic (exact) mass is 361 g/mol. The van der Waals surface area contributed by atoms with Crippen molar-refractivity contribution in [1.29, 1.82) is 0 Å². The molecule has 0 atom stereocenters. The second-order valence-corrected chi connectivity index (χ2v) is 6.43. The first-order valence-corrected chi connectivity index (χ1v) is 7.71. The molecule has 2 rings (SSSR count). The van der Waals surface area contributed by atoms with Gasteiger partial charge in [0, 0.05) is 20.8 Å². The first-order chi connectivity index (χ1) is 8.56. The van der Waals surface area contributed by atoms with Gasteiger partial charge in [-0.15, -0.1) is 11.8 Å². The fourth-order valence-electron chi connectivity index (χ4n) is 1.41. The van der Waals surface area contributed by atoms with E-state index in [1.54, 1.807) is 11.8 Å². The summed E-state index contributed by atoms with van der Waals surface area (Å²) in [5, 5.41) is 1.16. The van der Waals surface area contributed by atoms with Crippen LogP contribution in [0.5, 0.6) is 0 Å². The molecule has 2 aromatic carbocycles. The highest BCUT2D eigenvalue weighted by Crippen LogP contribution is 2.31. The van der Waals surface area contributed by atoms with Crippen molar-refractivity contribution in [2.75, 3.05) is 5.73 Å². The largest absolute Gasteiger partial charge is 0.399 e. The van der Waals surface area contributed by atoms with Crippen molar-refractivity contribution in [2.24, 2.45) is 0 Å². The van der Waals surface area contributed by atoms with Gasteiger partial charge in [-0.1, -0.05) is 45.2 Å². The molecule has 0 spiro atoms. The SMILES string of the molecule is Nc1ccc(CSc2ccc(Cl)c(Cl)c2)c(Br)c1. The fraction of sp³-hybridized carbons (Fsp3) is 0.0769. The minimum Gasteiger partial charge on any atom is -0.399 e. The zero-order valence-electron chi connectivity index (χ0n) is 9.29. The molecule has 1 nitrogen and oxygen atoms in total. The zero-order valence-corrected chi connectivity index (χ0v) is 13.2. The van der Waals surface area contributed by atoms with Crippen molar-refractivity contribution in [3.8, 4) is 0 Å². The third-order valence-corrected chi connectivity index (χ3v) is 4.88. The highest BCUT2D eigenvalue weighted by molar-refractivity contribution is 9.10. The molecule has 18 heavy (non-hydrogen) atoms. The first-order valence-electron chi connectivity index (χ1n) is 5.18. The average Bonchev–Trinajstić information content (AvgIpc) is 2.32. The predicted molar refractivity (Wildman–Crippen MR) is 84.6 cm³/mol. The van der Waals surface area contributed by atoms with E-state index in [-0.39, 0.29) is 0 Å². The van der Waals surface area contributed by atoms with E-state index in [1.165, 1.54) is 5.56 Å². The van der Waals surface area contributed by atoms with Gasteiger partial charge in [0.2, 0.25) is 0 Å². The maximum Gasteiger partial charge on any atom is 0.0603 e. The summed E-state index contributed by atoms with van der Waals surface area (Å²) < 4.78 is 1.02. The van der Waals surface area contributed by atoms with Gasteiger partial charge in [-0.3, -0.25) is 0 Å². The van der Waals surface area contributed by atoms with Crippen LogP contribution in [0.15, 0.2) is 45.8 Å². The third kappa shape index (κ3) is 3.58. The number of halogens is 3. The van der Waals surface area contributed by atoms with Gasteiger partial charge in [0.05, 0.1) is 10.0 Å². The molecule has 0 amide bonds. The molecule has 94 valence electrons. The van der Waals surface area contributed by atoms with Crippen molar-refractivity contribution in [3.63, 3.8) is 0 Å². The van der Waals surface area contributed by atoms with Crippen LogP contribution in [0.25, 0.3) is 0 Å². The molecular formula is C13H10BrCl2NS. The standard InChI is InChI=1S/C13H10BrCl2NS/c14-11-5-9(17)2-1-8(11)7-18-10-3-4-12(15)13(16)6-10/h1-6H,7,17H2. The Morgan fingerprint density at radius 1 is 1.06 bits per heavy atom. The highest BCUT2D eigenvalue weighted by Gasteiger charge is 2.04. The summed E-state index contributed by atoms with van der Waals surface area (Å²) in [6, 6.07) is 11.5. The molecule has 0 aromatic heterocycles. The maximum atomic E-state index is 5.98. The van der Waals surface area contributed by atoms with Crippen LogP contribution in [0.3, 0.4) is 0 Å². The number of thioether (sulfide) groups is 1. The van der Waals surface area contributed by atoms with Crippen LogP contribution in [-0.2, 0) is 5.75 Å². The summed E-state index contributed by atoms with van der Waals surface area (Å²) in [4.78, 5) is 1.09. The number of hydrogen-bond acceptors (Lipinski definition) is 2. The summed E-state index contributed by atoms with van der Waals surface area (Å²) in [7, 11) is 0. The van der Waals surface area contributed by atoms with Crippen LogP contribution < -0.4 is 5.73 Å². The smallest absolute Gasteiger partial charge is 0.0603 e. The fourth-order valence-corrected chi connectivity index (χ4v) is 3.43. The molecular weight excluding hydrogens is 353 g/mol. The lowest BCUT2D eigenvalue weighted by molar-refractivity contribution is 1.36. The van der Waals surface area contributed by atoms with Crippen LogP contribution in [0.1, 0.15) is 5.56 Å². The van der Waals surface area contributed by atoms with Gasteiger partial charge in [0.1, 0.15) is 0 Å². The Kier molecular flexibility index (Phi) is 4.84. The average molecular weight is 363 g/mol. The van der Waals surface area contributed by atoms with Crippen molar-refractivity contribution in [3.05, 3.63) is 56.5 Å². The Hall–Kier alpha value is -0.350. The van der Waals surface area contributed by atoms with Gasteiger partial charge in [-0.25, -0.2) is 0 Å². The normalized spacial score (nSPS) is 10.6. The van der Waals surface area contributed by atoms with Gasteiger partial charge in [0.15, 0.2) is 0 Å². The Morgan fingerprint density at radius 2 is 1.83 bits per heavy atom. The molecule has 0 saturated carbocycles. The van der Waals surface area contributed by atoms with E-state index in [0.717, 1.165) is 20.8 Å². The minimum atomic E-state index is 0.578. The molecule has 0 saturated heterocycles. The molecule has 0 fully saturated rings. The van der Waals surface area contributed by atoms with Crippen molar-refractivity contribution < 1.29 is 0 Å². The molecule has 0 heterocycles. The first kappa shape index (κ1) is 14.1. The number of nitrogens with two attached hydrogens (primary N) is 1. The van der Waals surface area contributed by atoms with Gasteiger partial charge >= 0.3 is 0 Å². The Labute approximate surface area is 129 Å². The van der Waals surface area contributed by atoms with E-state index in [1.807, 2.05) is 36.4 Å². The quantitative estimate of drug-likeness (QED) is 0.565. The summed E-state index contributed by atoms with van der Waals surface area (Å²) in [5.41, 5.74) is 7.65. The third-order valence-electron chi connectivity index (χ3n) is 2.36. The maximum absolute atomic E-state index is 5.98. The van der Waals surface area contributed by atoms with E-state index in [9.17, 15) is 0 Å². The zero-order chi connectivity index (χ0) is 13.1. The molecule has 2 N–H and O–H groups in total. The molecule has 0 aliphatic carbocycles. The Bertz CT molecular complexity index is 575. The number of nitrogen functional groups attached to an aromatic ring is 1. The Balaban J connectivity index is 2.09. The van der Waals surface area contributed by atoms with E-state index >= 15 is 0 Å². The summed E-state index contributed by atoms with van der Waals surface area (Å²) in [6.45, 7) is 0. The van der Waals surface area contributed by atoms with Crippen molar-refractivity contribution in [2.45, 2.75) is 10.6 Å². The summed E-state index contributed by atoms with van der Waals surface area (Å²) >= 11 is 17.1. The van der Waals surface area contributed by atoms with Crippen molar-refractivity contribution in [1.82, 2.24) is 0 Å². The van der Waals surface area contributed by atoms with E-state index in [4.69, 9.17) is 28.9 Å². The summed E-state index contributed by atoms with van der Waals surface area (Å²) in [6.07, 6.45) is 0. The topological polar surface area (TPSA) is 26.0 Å². The second kappa shape index (κ2) is 6.20. The highest BCUT2D eigenvalue weighted by atomic mass is 79.9. The number of anilines is 1. The van der Waals surface area contributed by atoms with E-state index in [2.05, 4.69) is 15.9 Å². The Morgan fingerprint density at radius 3 is 2.50 bits per heavy atom. The predicted octanol–water partition coefficient (Wildman–Crippen LogP) is 5.63. The molecule has 2 aromatic rings. The van der Waals surface area contributed by atoms with Gasteiger partial charge in [-0.05, 0) is 35.9 Å². The van der Waals surface area contributed by atoms with Crippen LogP contribution >= 0.6 is 50.9 Å². The lowest BCUT2D eigenvalue weighted by Crippen LogP contribution is -1.88. The number of benzene rings is 2. The van der Waals surface area contributed by atoms with E-state index in [0.29, 0.717) is 10.0 Å². The van der Waals surface area contributed by atoms with Gasteiger partial charge < -0.3 is 5.73 Å². The lowest BCUT2D eigenvalue weighted by atomic mass is 10.2. The number of rotatable bonds is 3.